The van der Waals surface area contributed by atoms with Gasteiger partial charge in [-0.1, -0.05) is 6.07 Å². The smallest absolute Gasteiger partial charge is 0.339 e. The molecule has 0 fully saturated rings. The molecule has 0 amide bonds. The van der Waals surface area contributed by atoms with Gasteiger partial charge in [0.05, 0.1) is 25.5 Å². The number of benzene rings is 1. The number of aromatic nitrogens is 2. The Morgan fingerprint density at radius 1 is 1.24 bits per heavy atom. The molecule has 110 valence electrons. The second kappa shape index (κ2) is 6.21. The lowest BCUT2D eigenvalue weighted by Crippen LogP contribution is -2.06. The monoisotopic (exact) mass is 288 g/mol. The minimum Gasteiger partial charge on any atom is -0.493 e. The summed E-state index contributed by atoms with van der Waals surface area (Å²) < 4.78 is 10.4. The van der Waals surface area contributed by atoms with Gasteiger partial charge in [-0.2, -0.15) is 0 Å². The van der Waals surface area contributed by atoms with E-state index in [9.17, 15) is 4.79 Å². The highest BCUT2D eigenvalue weighted by molar-refractivity contribution is 5.88. The van der Waals surface area contributed by atoms with Crippen LogP contribution in [-0.2, 0) is 6.42 Å². The topological polar surface area (TPSA) is 81.5 Å². The molecule has 0 aliphatic heterocycles. The van der Waals surface area contributed by atoms with Crippen LogP contribution in [0.5, 0.6) is 11.5 Å². The van der Waals surface area contributed by atoms with Gasteiger partial charge in [0.25, 0.3) is 0 Å². The zero-order valence-corrected chi connectivity index (χ0v) is 12.1. The maximum absolute atomic E-state index is 10.9. The summed E-state index contributed by atoms with van der Waals surface area (Å²) in [5, 5.41) is 8.96. The molecule has 21 heavy (non-hydrogen) atoms. The van der Waals surface area contributed by atoms with E-state index in [2.05, 4.69) is 9.97 Å². The molecular formula is C15H16N2O4. The average molecular weight is 288 g/mol. The fourth-order valence-corrected chi connectivity index (χ4v) is 1.98. The van der Waals surface area contributed by atoms with Crippen molar-refractivity contribution in [2.75, 3.05) is 14.2 Å². The van der Waals surface area contributed by atoms with E-state index in [-0.39, 0.29) is 5.56 Å². The molecule has 2 aromatic rings. The number of rotatable bonds is 5. The molecular weight excluding hydrogens is 272 g/mol. The van der Waals surface area contributed by atoms with E-state index in [1.165, 1.54) is 6.20 Å². The normalized spacial score (nSPS) is 10.2. The van der Waals surface area contributed by atoms with Gasteiger partial charge in [0, 0.05) is 12.6 Å². The molecule has 0 bridgehead atoms. The van der Waals surface area contributed by atoms with Crippen molar-refractivity contribution in [2.45, 2.75) is 13.3 Å². The molecule has 0 saturated carbocycles. The van der Waals surface area contributed by atoms with Gasteiger partial charge in [-0.05, 0) is 24.6 Å². The van der Waals surface area contributed by atoms with Gasteiger partial charge in [-0.15, -0.1) is 0 Å². The van der Waals surface area contributed by atoms with E-state index in [4.69, 9.17) is 14.6 Å². The molecule has 1 aromatic heterocycles. The minimum atomic E-state index is -1.02. The van der Waals surface area contributed by atoms with Gasteiger partial charge >= 0.3 is 5.97 Å². The quantitative estimate of drug-likeness (QED) is 0.907. The number of nitrogens with zero attached hydrogens (tertiary/aromatic N) is 2. The predicted molar refractivity (Wildman–Crippen MR) is 76.1 cm³/mol. The summed E-state index contributed by atoms with van der Waals surface area (Å²) in [5.74, 6) is 0.823. The number of hydrogen-bond acceptors (Lipinski definition) is 5. The number of aromatic carboxylic acids is 1. The second-order valence-electron chi connectivity index (χ2n) is 4.46. The first kappa shape index (κ1) is 14.8. The van der Waals surface area contributed by atoms with Crippen LogP contribution >= 0.6 is 0 Å². The Labute approximate surface area is 122 Å². The molecule has 0 saturated heterocycles. The van der Waals surface area contributed by atoms with Crippen LogP contribution in [0.25, 0.3) is 0 Å². The Kier molecular flexibility index (Phi) is 4.37. The van der Waals surface area contributed by atoms with Crippen molar-refractivity contribution >= 4 is 5.97 Å². The van der Waals surface area contributed by atoms with Gasteiger partial charge in [0.15, 0.2) is 11.5 Å². The fourth-order valence-electron chi connectivity index (χ4n) is 1.98. The van der Waals surface area contributed by atoms with Gasteiger partial charge in [-0.25, -0.2) is 14.8 Å². The predicted octanol–water partition coefficient (Wildman–Crippen LogP) is 2.09. The first-order valence-corrected chi connectivity index (χ1v) is 6.32. The summed E-state index contributed by atoms with van der Waals surface area (Å²) in [4.78, 5) is 19.2. The number of carboxylic acids is 1. The Hall–Kier alpha value is -2.63. The van der Waals surface area contributed by atoms with E-state index in [0.717, 1.165) is 5.56 Å². The molecule has 6 nitrogen and oxygen atoms in total. The summed E-state index contributed by atoms with van der Waals surface area (Å²) in [5.41, 5.74) is 1.52. The number of aryl methyl sites for hydroxylation is 1. The van der Waals surface area contributed by atoms with Crippen LogP contribution in [0, 0.1) is 6.92 Å². The molecule has 6 heteroatoms. The van der Waals surface area contributed by atoms with E-state index in [1.807, 2.05) is 18.2 Å². The number of carbonyl (C=O) groups is 1. The molecule has 0 spiro atoms. The first-order chi connectivity index (χ1) is 10.0. The second-order valence-corrected chi connectivity index (χ2v) is 4.46. The maximum Gasteiger partial charge on any atom is 0.339 e. The largest absolute Gasteiger partial charge is 0.493 e. The van der Waals surface area contributed by atoms with Crippen molar-refractivity contribution in [1.82, 2.24) is 9.97 Å². The molecule has 1 aromatic carbocycles. The van der Waals surface area contributed by atoms with Crippen LogP contribution in [0.3, 0.4) is 0 Å². The number of carboxylic acid groups (broad SMARTS) is 1. The van der Waals surface area contributed by atoms with Gasteiger partial charge in [-0.3, -0.25) is 0 Å². The summed E-state index contributed by atoms with van der Waals surface area (Å²) in [6, 6.07) is 5.56. The summed E-state index contributed by atoms with van der Waals surface area (Å²) >= 11 is 0. The average Bonchev–Trinajstić information content (AvgIpc) is 2.46. The Balaban J connectivity index is 2.26. The number of ether oxygens (including phenoxy) is 2. The van der Waals surface area contributed by atoms with Crippen LogP contribution < -0.4 is 9.47 Å². The Morgan fingerprint density at radius 3 is 2.52 bits per heavy atom. The van der Waals surface area contributed by atoms with Crippen molar-refractivity contribution < 1.29 is 19.4 Å². The third-order valence-electron chi connectivity index (χ3n) is 3.07. The van der Waals surface area contributed by atoms with Gasteiger partial charge in [0.2, 0.25) is 0 Å². The summed E-state index contributed by atoms with van der Waals surface area (Å²) in [6.07, 6.45) is 1.82. The van der Waals surface area contributed by atoms with E-state index in [1.54, 1.807) is 21.1 Å². The Bertz CT molecular complexity index is 671. The van der Waals surface area contributed by atoms with E-state index < -0.39 is 5.97 Å². The van der Waals surface area contributed by atoms with Crippen molar-refractivity contribution in [1.29, 1.82) is 0 Å². The van der Waals surface area contributed by atoms with Crippen LogP contribution in [-0.4, -0.2) is 35.3 Å². The lowest BCUT2D eigenvalue weighted by molar-refractivity contribution is 0.0695. The van der Waals surface area contributed by atoms with Crippen LogP contribution in [0.2, 0.25) is 0 Å². The highest BCUT2D eigenvalue weighted by Gasteiger charge is 2.11. The van der Waals surface area contributed by atoms with E-state index in [0.29, 0.717) is 29.4 Å². The van der Waals surface area contributed by atoms with Crippen LogP contribution in [0.1, 0.15) is 27.4 Å². The zero-order chi connectivity index (χ0) is 15.4. The minimum absolute atomic E-state index is 0.117. The molecule has 0 unspecified atom stereocenters. The van der Waals surface area contributed by atoms with Crippen molar-refractivity contribution in [2.24, 2.45) is 0 Å². The third kappa shape index (κ3) is 3.28. The summed E-state index contributed by atoms with van der Waals surface area (Å²) in [6.45, 7) is 1.66. The molecule has 1 N–H and O–H groups in total. The lowest BCUT2D eigenvalue weighted by Gasteiger charge is -2.09. The zero-order valence-electron chi connectivity index (χ0n) is 12.1. The molecule has 0 radical (unpaired) electrons. The third-order valence-corrected chi connectivity index (χ3v) is 3.07. The van der Waals surface area contributed by atoms with Crippen LogP contribution in [0.15, 0.2) is 24.4 Å². The highest BCUT2D eigenvalue weighted by atomic mass is 16.5. The fraction of sp³-hybridized carbons (Fsp3) is 0.267. The lowest BCUT2D eigenvalue weighted by atomic mass is 10.1. The van der Waals surface area contributed by atoms with Crippen LogP contribution in [0.4, 0.5) is 0 Å². The number of methoxy groups -OCH3 is 2. The van der Waals surface area contributed by atoms with Crippen molar-refractivity contribution in [3.05, 3.63) is 47.0 Å². The van der Waals surface area contributed by atoms with E-state index >= 15 is 0 Å². The highest BCUT2D eigenvalue weighted by Crippen LogP contribution is 2.28. The molecule has 0 atom stereocenters. The maximum atomic E-state index is 10.9. The molecule has 1 heterocycles. The standard InChI is InChI=1S/C15H16N2O4/c1-9-11(15(18)19)8-16-14(17-9)7-10-4-5-12(20-2)13(6-10)21-3/h4-6,8H,7H2,1-3H3,(H,18,19). The van der Waals surface area contributed by atoms with Crippen molar-refractivity contribution in [3.8, 4) is 11.5 Å². The summed E-state index contributed by atoms with van der Waals surface area (Å²) in [7, 11) is 3.15. The number of hydrogen-bond donors (Lipinski definition) is 1. The van der Waals surface area contributed by atoms with Crippen molar-refractivity contribution in [3.63, 3.8) is 0 Å². The van der Waals surface area contributed by atoms with Gasteiger partial charge in [0.1, 0.15) is 5.82 Å². The first-order valence-electron chi connectivity index (χ1n) is 6.32. The SMILES string of the molecule is COc1ccc(Cc2ncc(C(=O)O)c(C)n2)cc1OC. The Morgan fingerprint density at radius 2 is 1.95 bits per heavy atom. The molecule has 0 aliphatic carbocycles. The van der Waals surface area contributed by atoms with Gasteiger partial charge < -0.3 is 14.6 Å². The molecule has 2 rings (SSSR count). The molecule has 0 aliphatic rings.